The molecule has 0 spiro atoms. The summed E-state index contributed by atoms with van der Waals surface area (Å²) < 4.78 is 6.19. The molecule has 0 saturated heterocycles. The van der Waals surface area contributed by atoms with Crippen LogP contribution in [-0.4, -0.2) is 12.1 Å². The van der Waals surface area contributed by atoms with Crippen LogP contribution < -0.4 is 10.5 Å². The van der Waals surface area contributed by atoms with Gasteiger partial charge in [0, 0.05) is 0 Å². The summed E-state index contributed by atoms with van der Waals surface area (Å²) >= 11 is 0. The van der Waals surface area contributed by atoms with Crippen LogP contribution in [0.1, 0.15) is 44.6 Å². The largest absolute Gasteiger partial charge is 0.488 e. The first-order valence-corrected chi connectivity index (χ1v) is 6.70. The van der Waals surface area contributed by atoms with E-state index in [2.05, 4.69) is 31.2 Å². The van der Waals surface area contributed by atoms with Gasteiger partial charge >= 0.3 is 0 Å². The second-order valence-corrected chi connectivity index (χ2v) is 5.30. The number of rotatable bonds is 4. The molecule has 0 aliphatic heterocycles. The molecule has 17 heavy (non-hydrogen) atoms. The molecule has 0 amide bonds. The van der Waals surface area contributed by atoms with Crippen LogP contribution in [0, 0.1) is 0 Å². The molecule has 1 aromatic rings. The number of hydrogen-bond donors (Lipinski definition) is 1. The fourth-order valence-corrected chi connectivity index (χ4v) is 2.62. The minimum atomic E-state index is 0.0413. The lowest BCUT2D eigenvalue weighted by Gasteiger charge is -2.34. The maximum atomic E-state index is 6.19. The van der Waals surface area contributed by atoms with Gasteiger partial charge in [0.05, 0.1) is 0 Å². The summed E-state index contributed by atoms with van der Waals surface area (Å²) in [5.41, 5.74) is 6.89. The molecule has 1 fully saturated rings. The molecule has 1 saturated carbocycles. The van der Waals surface area contributed by atoms with Gasteiger partial charge in [-0.05, 0) is 63.3 Å². The summed E-state index contributed by atoms with van der Waals surface area (Å²) in [4.78, 5) is 0. The highest BCUT2D eigenvalue weighted by Gasteiger charge is 2.28. The third-order valence-electron chi connectivity index (χ3n) is 3.61. The van der Waals surface area contributed by atoms with Gasteiger partial charge in [0.1, 0.15) is 11.4 Å². The fraction of sp³-hybridized carbons (Fsp3) is 0.600. The van der Waals surface area contributed by atoms with E-state index in [9.17, 15) is 0 Å². The third-order valence-corrected chi connectivity index (χ3v) is 3.61. The first kappa shape index (κ1) is 12.4. The summed E-state index contributed by atoms with van der Waals surface area (Å²) in [6.07, 6.45) is 7.21. The molecule has 0 heterocycles. The Morgan fingerprint density at radius 2 is 2.00 bits per heavy atom. The highest BCUT2D eigenvalue weighted by Crippen LogP contribution is 2.32. The maximum Gasteiger partial charge on any atom is 0.120 e. The van der Waals surface area contributed by atoms with Crippen LogP contribution >= 0.6 is 0 Å². The molecule has 2 heteroatoms. The Morgan fingerprint density at radius 3 is 2.71 bits per heavy atom. The smallest absolute Gasteiger partial charge is 0.120 e. The van der Waals surface area contributed by atoms with Crippen molar-refractivity contribution in [2.75, 3.05) is 6.54 Å². The summed E-state index contributed by atoms with van der Waals surface area (Å²) in [5.74, 6) is 1.00. The van der Waals surface area contributed by atoms with Crippen molar-refractivity contribution in [3.63, 3.8) is 0 Å². The van der Waals surface area contributed by atoms with Crippen molar-refractivity contribution in [2.24, 2.45) is 5.73 Å². The standard InChI is InChI=1S/C15H23NO/c1-15(9-3-2-4-10-15)17-14-7-5-6-13(12-14)8-11-16/h5-7,12H,2-4,8-11,16H2,1H3. The van der Waals surface area contributed by atoms with Crippen LogP contribution in [0.4, 0.5) is 0 Å². The molecule has 0 bridgehead atoms. The van der Waals surface area contributed by atoms with E-state index in [-0.39, 0.29) is 5.60 Å². The van der Waals surface area contributed by atoms with Crippen LogP contribution in [0.2, 0.25) is 0 Å². The molecule has 0 atom stereocenters. The van der Waals surface area contributed by atoms with Crippen molar-refractivity contribution in [1.82, 2.24) is 0 Å². The predicted molar refractivity (Wildman–Crippen MR) is 71.3 cm³/mol. The lowest BCUT2D eigenvalue weighted by Crippen LogP contribution is -2.34. The number of ether oxygens (including phenoxy) is 1. The van der Waals surface area contributed by atoms with E-state index in [0.717, 1.165) is 12.2 Å². The van der Waals surface area contributed by atoms with E-state index in [1.807, 2.05) is 0 Å². The van der Waals surface area contributed by atoms with E-state index < -0.39 is 0 Å². The first-order valence-electron chi connectivity index (χ1n) is 6.70. The molecule has 2 rings (SSSR count). The summed E-state index contributed by atoms with van der Waals surface area (Å²) in [6.45, 7) is 2.93. The predicted octanol–water partition coefficient (Wildman–Crippen LogP) is 3.29. The van der Waals surface area contributed by atoms with E-state index in [1.165, 1.54) is 37.7 Å². The third kappa shape index (κ3) is 3.47. The Hall–Kier alpha value is -1.02. The van der Waals surface area contributed by atoms with E-state index in [0.29, 0.717) is 6.54 Å². The van der Waals surface area contributed by atoms with Crippen LogP contribution in [0.3, 0.4) is 0 Å². The van der Waals surface area contributed by atoms with Gasteiger partial charge in [-0.25, -0.2) is 0 Å². The molecular formula is C15H23NO. The van der Waals surface area contributed by atoms with Crippen molar-refractivity contribution in [2.45, 2.75) is 51.0 Å². The molecule has 2 nitrogen and oxygen atoms in total. The SMILES string of the molecule is CC1(Oc2cccc(CCN)c2)CCCCC1. The Balaban J connectivity index is 2.04. The van der Waals surface area contributed by atoms with Crippen molar-refractivity contribution >= 4 is 0 Å². The molecular weight excluding hydrogens is 210 g/mol. The van der Waals surface area contributed by atoms with Gasteiger partial charge in [-0.3, -0.25) is 0 Å². The van der Waals surface area contributed by atoms with Crippen molar-refractivity contribution < 1.29 is 4.74 Å². The zero-order valence-corrected chi connectivity index (χ0v) is 10.7. The Kier molecular flexibility index (Phi) is 4.06. The second-order valence-electron chi connectivity index (χ2n) is 5.30. The first-order chi connectivity index (χ1) is 8.22. The zero-order valence-electron chi connectivity index (χ0n) is 10.7. The van der Waals surface area contributed by atoms with Gasteiger partial charge in [-0.1, -0.05) is 18.6 Å². The molecule has 0 unspecified atom stereocenters. The lowest BCUT2D eigenvalue weighted by molar-refractivity contribution is 0.0487. The van der Waals surface area contributed by atoms with Crippen molar-refractivity contribution in [3.05, 3.63) is 29.8 Å². The topological polar surface area (TPSA) is 35.2 Å². The van der Waals surface area contributed by atoms with Gasteiger partial charge < -0.3 is 10.5 Å². The molecule has 1 aromatic carbocycles. The van der Waals surface area contributed by atoms with E-state index in [1.54, 1.807) is 0 Å². The minimum Gasteiger partial charge on any atom is -0.488 e. The molecule has 94 valence electrons. The Morgan fingerprint density at radius 1 is 1.24 bits per heavy atom. The van der Waals surface area contributed by atoms with Gasteiger partial charge in [0.25, 0.3) is 0 Å². The number of benzene rings is 1. The monoisotopic (exact) mass is 233 g/mol. The number of nitrogens with two attached hydrogens (primary N) is 1. The van der Waals surface area contributed by atoms with Crippen LogP contribution in [0.15, 0.2) is 24.3 Å². The lowest BCUT2D eigenvalue weighted by atomic mass is 9.86. The average Bonchev–Trinajstić information content (AvgIpc) is 2.30. The van der Waals surface area contributed by atoms with E-state index in [4.69, 9.17) is 10.5 Å². The maximum absolute atomic E-state index is 6.19. The van der Waals surface area contributed by atoms with Gasteiger partial charge in [0.2, 0.25) is 0 Å². The van der Waals surface area contributed by atoms with Gasteiger partial charge in [-0.15, -0.1) is 0 Å². The van der Waals surface area contributed by atoms with Crippen molar-refractivity contribution in [1.29, 1.82) is 0 Å². The molecule has 1 aliphatic rings. The minimum absolute atomic E-state index is 0.0413. The Labute approximate surface area is 104 Å². The molecule has 1 aliphatic carbocycles. The average molecular weight is 233 g/mol. The van der Waals surface area contributed by atoms with Crippen LogP contribution in [0.25, 0.3) is 0 Å². The van der Waals surface area contributed by atoms with Gasteiger partial charge in [-0.2, -0.15) is 0 Å². The van der Waals surface area contributed by atoms with E-state index >= 15 is 0 Å². The Bertz CT molecular complexity index is 356. The quantitative estimate of drug-likeness (QED) is 0.866. The summed E-state index contributed by atoms with van der Waals surface area (Å²) in [5, 5.41) is 0. The van der Waals surface area contributed by atoms with Crippen LogP contribution in [-0.2, 0) is 6.42 Å². The van der Waals surface area contributed by atoms with Crippen molar-refractivity contribution in [3.8, 4) is 5.75 Å². The molecule has 0 radical (unpaired) electrons. The fourth-order valence-electron chi connectivity index (χ4n) is 2.62. The summed E-state index contributed by atoms with van der Waals surface area (Å²) in [6, 6.07) is 8.36. The van der Waals surface area contributed by atoms with Gasteiger partial charge in [0.15, 0.2) is 0 Å². The zero-order chi connectivity index (χ0) is 12.1. The normalized spacial score (nSPS) is 18.9. The second kappa shape index (κ2) is 5.54. The highest BCUT2D eigenvalue weighted by atomic mass is 16.5. The van der Waals surface area contributed by atoms with Crippen LogP contribution in [0.5, 0.6) is 5.75 Å². The number of hydrogen-bond acceptors (Lipinski definition) is 2. The molecule has 2 N–H and O–H groups in total. The molecule has 0 aromatic heterocycles. The highest BCUT2D eigenvalue weighted by molar-refractivity contribution is 5.29. The summed E-state index contributed by atoms with van der Waals surface area (Å²) in [7, 11) is 0.